The van der Waals surface area contributed by atoms with E-state index >= 15 is 0 Å². The lowest BCUT2D eigenvalue weighted by molar-refractivity contribution is -0.134. The highest BCUT2D eigenvalue weighted by atomic mass is 16.2. The smallest absolute Gasteiger partial charge is 0.252 e. The summed E-state index contributed by atoms with van der Waals surface area (Å²) in [6.07, 6.45) is 2.14. The maximum Gasteiger partial charge on any atom is 0.252 e. The Labute approximate surface area is 122 Å². The fraction of sp³-hybridized carbons (Fsp3) is 0.429. The molecule has 7 heteroatoms. The topological polar surface area (TPSA) is 114 Å². The summed E-state index contributed by atoms with van der Waals surface area (Å²) in [5, 5.41) is 4.82. The molecule has 0 saturated carbocycles. The van der Waals surface area contributed by atoms with Crippen LogP contribution in [0, 0.1) is 0 Å². The molecule has 0 spiro atoms. The average Bonchev–Trinajstić information content (AvgIpc) is 2.41. The molecule has 1 aliphatic heterocycles. The molecule has 1 aromatic rings. The van der Waals surface area contributed by atoms with Gasteiger partial charge in [0.25, 0.3) is 5.91 Å². The number of piperidine rings is 1. The predicted octanol–water partition coefficient (Wildman–Crippen LogP) is 0.151. The molecule has 1 atom stereocenters. The number of carbonyl (C=O) groups is 3. The van der Waals surface area contributed by atoms with Gasteiger partial charge in [0.1, 0.15) is 11.9 Å². The van der Waals surface area contributed by atoms with E-state index < -0.39 is 17.9 Å². The van der Waals surface area contributed by atoms with E-state index in [1.54, 1.807) is 6.07 Å². The van der Waals surface area contributed by atoms with E-state index in [1.165, 1.54) is 6.07 Å². The standard InChI is InChI=1S/C14H18N4O3/c1-2-3-9-6-8(7-11(15)16-9)13(20)17-10-4-5-12(19)18-14(10)21/h6-7,10H,2-5H2,1H3,(H2,15,16)(H,17,20)(H,18,19,21). The first kappa shape index (κ1) is 15.0. The van der Waals surface area contributed by atoms with E-state index in [-0.39, 0.29) is 18.1 Å². The first-order chi connectivity index (χ1) is 9.99. The van der Waals surface area contributed by atoms with E-state index in [1.807, 2.05) is 6.92 Å². The van der Waals surface area contributed by atoms with Gasteiger partial charge in [-0.2, -0.15) is 0 Å². The first-order valence-corrected chi connectivity index (χ1v) is 6.90. The molecule has 1 aliphatic rings. The monoisotopic (exact) mass is 290 g/mol. The van der Waals surface area contributed by atoms with Crippen molar-refractivity contribution < 1.29 is 14.4 Å². The van der Waals surface area contributed by atoms with Crippen LogP contribution in [0.15, 0.2) is 12.1 Å². The maximum atomic E-state index is 12.2. The highest BCUT2D eigenvalue weighted by Crippen LogP contribution is 2.11. The van der Waals surface area contributed by atoms with Gasteiger partial charge in [0.2, 0.25) is 11.8 Å². The van der Waals surface area contributed by atoms with Gasteiger partial charge in [-0.3, -0.25) is 19.7 Å². The quantitative estimate of drug-likeness (QED) is 0.683. The minimum Gasteiger partial charge on any atom is -0.384 e. The van der Waals surface area contributed by atoms with E-state index in [4.69, 9.17) is 5.73 Å². The zero-order chi connectivity index (χ0) is 15.4. The molecule has 2 heterocycles. The van der Waals surface area contributed by atoms with E-state index in [2.05, 4.69) is 15.6 Å². The number of amides is 3. The van der Waals surface area contributed by atoms with E-state index in [0.717, 1.165) is 18.5 Å². The normalized spacial score (nSPS) is 18.2. The Hall–Kier alpha value is -2.44. The van der Waals surface area contributed by atoms with Crippen molar-refractivity contribution in [3.63, 3.8) is 0 Å². The van der Waals surface area contributed by atoms with E-state index in [0.29, 0.717) is 12.0 Å². The molecule has 1 unspecified atom stereocenters. The number of nitrogen functional groups attached to an aromatic ring is 1. The number of nitrogens with two attached hydrogens (primary N) is 1. The average molecular weight is 290 g/mol. The van der Waals surface area contributed by atoms with Gasteiger partial charge in [-0.15, -0.1) is 0 Å². The number of hydrogen-bond donors (Lipinski definition) is 3. The lowest BCUT2D eigenvalue weighted by Crippen LogP contribution is -2.52. The van der Waals surface area contributed by atoms with Crippen molar-refractivity contribution in [2.45, 2.75) is 38.6 Å². The summed E-state index contributed by atoms with van der Waals surface area (Å²) in [7, 11) is 0. The van der Waals surface area contributed by atoms with Crippen LogP contribution in [0.2, 0.25) is 0 Å². The third-order valence-electron chi connectivity index (χ3n) is 3.21. The summed E-state index contributed by atoms with van der Waals surface area (Å²) in [6, 6.07) is 2.45. The van der Waals surface area contributed by atoms with Crippen molar-refractivity contribution >= 4 is 23.5 Å². The van der Waals surface area contributed by atoms with Crippen LogP contribution in [-0.2, 0) is 16.0 Å². The molecule has 1 aromatic heterocycles. The molecule has 0 aromatic carbocycles. The molecule has 0 bridgehead atoms. The Bertz CT molecular complexity index is 586. The molecule has 4 N–H and O–H groups in total. The van der Waals surface area contributed by atoms with Crippen molar-refractivity contribution in [2.75, 3.05) is 5.73 Å². The zero-order valence-corrected chi connectivity index (χ0v) is 11.8. The largest absolute Gasteiger partial charge is 0.384 e. The molecule has 21 heavy (non-hydrogen) atoms. The number of nitrogens with zero attached hydrogens (tertiary/aromatic N) is 1. The summed E-state index contributed by atoms with van der Waals surface area (Å²) < 4.78 is 0. The number of hydrogen-bond acceptors (Lipinski definition) is 5. The van der Waals surface area contributed by atoms with Gasteiger partial charge < -0.3 is 11.1 Å². The predicted molar refractivity (Wildman–Crippen MR) is 76.3 cm³/mol. The first-order valence-electron chi connectivity index (χ1n) is 6.90. The number of rotatable bonds is 4. The number of aryl methyl sites for hydroxylation is 1. The van der Waals surface area contributed by atoms with Crippen LogP contribution in [0.3, 0.4) is 0 Å². The third kappa shape index (κ3) is 3.77. The van der Waals surface area contributed by atoms with Gasteiger partial charge >= 0.3 is 0 Å². The second kappa shape index (κ2) is 6.34. The number of carbonyl (C=O) groups excluding carboxylic acids is 3. The van der Waals surface area contributed by atoms with Crippen molar-refractivity contribution in [3.8, 4) is 0 Å². The van der Waals surface area contributed by atoms with Crippen molar-refractivity contribution in [1.82, 2.24) is 15.6 Å². The van der Waals surface area contributed by atoms with Gasteiger partial charge in [-0.1, -0.05) is 13.3 Å². The molecule has 112 valence electrons. The Kier molecular flexibility index (Phi) is 4.52. The van der Waals surface area contributed by atoms with Gasteiger partial charge in [0.15, 0.2) is 0 Å². The molecule has 3 amide bonds. The Morgan fingerprint density at radius 1 is 1.48 bits per heavy atom. The molecule has 0 radical (unpaired) electrons. The van der Waals surface area contributed by atoms with Crippen LogP contribution in [0.1, 0.15) is 42.2 Å². The Morgan fingerprint density at radius 2 is 2.24 bits per heavy atom. The SMILES string of the molecule is CCCc1cc(C(=O)NC2CCC(=O)NC2=O)cc(N)n1. The number of nitrogens with one attached hydrogen (secondary N) is 2. The van der Waals surface area contributed by atoms with Crippen molar-refractivity contribution in [2.24, 2.45) is 0 Å². The minimum absolute atomic E-state index is 0.219. The maximum absolute atomic E-state index is 12.2. The van der Waals surface area contributed by atoms with Gasteiger partial charge in [-0.05, 0) is 25.0 Å². The highest BCUT2D eigenvalue weighted by molar-refractivity contribution is 6.03. The Balaban J connectivity index is 2.09. The molecule has 1 fully saturated rings. The number of imide groups is 1. The Morgan fingerprint density at radius 3 is 2.90 bits per heavy atom. The summed E-state index contributed by atoms with van der Waals surface area (Å²) in [5.41, 5.74) is 6.80. The molecular weight excluding hydrogens is 272 g/mol. The van der Waals surface area contributed by atoms with Crippen LogP contribution in [0.25, 0.3) is 0 Å². The summed E-state index contributed by atoms with van der Waals surface area (Å²) in [6.45, 7) is 2.01. The minimum atomic E-state index is -0.695. The molecular formula is C14H18N4O3. The second-order valence-corrected chi connectivity index (χ2v) is 5.00. The zero-order valence-electron chi connectivity index (χ0n) is 11.8. The second-order valence-electron chi connectivity index (χ2n) is 5.00. The number of aromatic nitrogens is 1. The number of anilines is 1. The van der Waals surface area contributed by atoms with Crippen molar-refractivity contribution in [1.29, 1.82) is 0 Å². The summed E-state index contributed by atoms with van der Waals surface area (Å²) in [4.78, 5) is 39.0. The molecule has 1 saturated heterocycles. The highest BCUT2D eigenvalue weighted by Gasteiger charge is 2.28. The lowest BCUT2D eigenvalue weighted by Gasteiger charge is -2.21. The molecule has 2 rings (SSSR count). The van der Waals surface area contributed by atoms with Gasteiger partial charge in [0, 0.05) is 17.7 Å². The molecule has 0 aliphatic carbocycles. The molecule has 7 nitrogen and oxygen atoms in total. The van der Waals surface area contributed by atoms with Crippen LogP contribution >= 0.6 is 0 Å². The van der Waals surface area contributed by atoms with E-state index in [9.17, 15) is 14.4 Å². The van der Waals surface area contributed by atoms with Crippen LogP contribution < -0.4 is 16.4 Å². The lowest BCUT2D eigenvalue weighted by atomic mass is 10.1. The fourth-order valence-corrected chi connectivity index (χ4v) is 2.20. The van der Waals surface area contributed by atoms with Crippen LogP contribution in [0.4, 0.5) is 5.82 Å². The van der Waals surface area contributed by atoms with Crippen LogP contribution in [0.5, 0.6) is 0 Å². The fourth-order valence-electron chi connectivity index (χ4n) is 2.20. The summed E-state index contributed by atoms with van der Waals surface area (Å²) in [5.74, 6) is -0.912. The van der Waals surface area contributed by atoms with Crippen LogP contribution in [-0.4, -0.2) is 28.7 Å². The third-order valence-corrected chi connectivity index (χ3v) is 3.21. The van der Waals surface area contributed by atoms with Gasteiger partial charge in [-0.25, -0.2) is 4.98 Å². The van der Waals surface area contributed by atoms with Gasteiger partial charge in [0.05, 0.1) is 0 Å². The number of pyridine rings is 1. The summed E-state index contributed by atoms with van der Waals surface area (Å²) >= 11 is 0. The van der Waals surface area contributed by atoms with Crippen molar-refractivity contribution in [3.05, 3.63) is 23.4 Å².